The van der Waals surface area contributed by atoms with Crippen molar-refractivity contribution >= 4 is 11.8 Å². The molecule has 5 rings (SSSR count). The average Bonchev–Trinajstić information content (AvgIpc) is 3.44. The minimum absolute atomic E-state index is 0.0155. The molecule has 2 aromatic rings. The molecule has 174 valence electrons. The zero-order valence-corrected chi connectivity index (χ0v) is 19.1. The van der Waals surface area contributed by atoms with Gasteiger partial charge >= 0.3 is 5.97 Å². The first-order valence-corrected chi connectivity index (χ1v) is 11.0. The second-order valence-corrected chi connectivity index (χ2v) is 8.58. The number of rotatable bonds is 5. The van der Waals surface area contributed by atoms with Gasteiger partial charge in [-0.3, -0.25) is 14.5 Å². The van der Waals surface area contributed by atoms with E-state index >= 15 is 0 Å². The van der Waals surface area contributed by atoms with Gasteiger partial charge in [0.1, 0.15) is 11.8 Å². The molecule has 3 aliphatic heterocycles. The van der Waals surface area contributed by atoms with Gasteiger partial charge in [-0.25, -0.2) is 0 Å². The molecule has 0 N–H and O–H groups in total. The van der Waals surface area contributed by atoms with Crippen molar-refractivity contribution in [1.29, 1.82) is 0 Å². The van der Waals surface area contributed by atoms with Gasteiger partial charge in [0.25, 0.3) is 0 Å². The summed E-state index contributed by atoms with van der Waals surface area (Å²) < 4.78 is 27.3. The Morgan fingerprint density at radius 3 is 2.42 bits per heavy atom. The number of ether oxygens (including phenoxy) is 5. The number of carbonyl (C=O) groups is 2. The van der Waals surface area contributed by atoms with E-state index in [4.69, 9.17) is 23.7 Å². The molecular formula is C25H27NO7. The molecule has 0 amide bonds. The van der Waals surface area contributed by atoms with Crippen LogP contribution >= 0.6 is 0 Å². The number of hydrogen-bond donors (Lipinski definition) is 0. The minimum Gasteiger partial charge on any atom is -0.493 e. The summed E-state index contributed by atoms with van der Waals surface area (Å²) >= 11 is 0. The summed E-state index contributed by atoms with van der Waals surface area (Å²) in [6.45, 7) is 2.37. The van der Waals surface area contributed by atoms with Gasteiger partial charge in [0, 0.05) is 24.4 Å². The summed E-state index contributed by atoms with van der Waals surface area (Å²) in [7, 11) is 4.59. The molecule has 0 aromatic heterocycles. The summed E-state index contributed by atoms with van der Waals surface area (Å²) in [5, 5.41) is 0. The number of ketones is 1. The molecule has 3 aliphatic rings. The normalized spacial score (nSPS) is 25.2. The lowest BCUT2D eigenvalue weighted by Crippen LogP contribution is -2.43. The van der Waals surface area contributed by atoms with Crippen molar-refractivity contribution in [3.8, 4) is 23.0 Å². The largest absolute Gasteiger partial charge is 0.493 e. The number of carbonyl (C=O) groups excluding carboxylic acids is 2. The molecule has 8 heteroatoms. The number of Topliss-reactive ketones (excluding diaryl/α,β-unsaturated/α-hetero) is 1. The van der Waals surface area contributed by atoms with Gasteiger partial charge in [-0.15, -0.1) is 0 Å². The van der Waals surface area contributed by atoms with Gasteiger partial charge in [0.05, 0.1) is 21.3 Å². The third-order valence-electron chi connectivity index (χ3n) is 7.08. The first-order valence-electron chi connectivity index (χ1n) is 11.0. The first kappa shape index (κ1) is 21.6. The van der Waals surface area contributed by atoms with Crippen LogP contribution in [0.25, 0.3) is 0 Å². The number of methoxy groups -OCH3 is 3. The molecule has 0 saturated carbocycles. The summed E-state index contributed by atoms with van der Waals surface area (Å²) in [6, 6.07) is 8.66. The van der Waals surface area contributed by atoms with Gasteiger partial charge in [-0.1, -0.05) is 6.07 Å². The molecule has 4 atom stereocenters. The molecule has 0 bridgehead atoms. The maximum atomic E-state index is 13.2. The van der Waals surface area contributed by atoms with Crippen molar-refractivity contribution in [2.24, 2.45) is 5.92 Å². The van der Waals surface area contributed by atoms with E-state index in [0.29, 0.717) is 29.5 Å². The fourth-order valence-electron chi connectivity index (χ4n) is 5.69. The van der Waals surface area contributed by atoms with E-state index in [1.54, 1.807) is 21.1 Å². The third-order valence-corrected chi connectivity index (χ3v) is 7.08. The Kier molecular flexibility index (Phi) is 5.40. The zero-order chi connectivity index (χ0) is 23.3. The highest BCUT2D eigenvalue weighted by molar-refractivity contribution is 5.86. The van der Waals surface area contributed by atoms with Crippen LogP contribution < -0.4 is 18.9 Å². The third kappa shape index (κ3) is 3.31. The van der Waals surface area contributed by atoms with E-state index in [2.05, 4.69) is 4.90 Å². The Morgan fingerprint density at radius 1 is 1.00 bits per heavy atom. The van der Waals surface area contributed by atoms with Crippen LogP contribution in [0, 0.1) is 5.92 Å². The highest BCUT2D eigenvalue weighted by Gasteiger charge is 2.56. The van der Waals surface area contributed by atoms with Gasteiger partial charge < -0.3 is 23.7 Å². The zero-order valence-electron chi connectivity index (χ0n) is 19.1. The molecule has 0 spiro atoms. The topological polar surface area (TPSA) is 83.5 Å². The lowest BCUT2D eigenvalue weighted by molar-refractivity contribution is -0.147. The van der Waals surface area contributed by atoms with Crippen LogP contribution in [0.1, 0.15) is 35.6 Å². The summed E-state index contributed by atoms with van der Waals surface area (Å²) in [4.78, 5) is 28.4. The number of nitrogens with zero attached hydrogens (tertiary/aromatic N) is 1. The van der Waals surface area contributed by atoms with Crippen molar-refractivity contribution < 1.29 is 33.3 Å². The molecular weight excluding hydrogens is 426 g/mol. The van der Waals surface area contributed by atoms with Crippen molar-refractivity contribution in [1.82, 2.24) is 4.90 Å². The summed E-state index contributed by atoms with van der Waals surface area (Å²) in [6.07, 6.45) is 0.720. The Hall–Kier alpha value is -3.26. The highest BCUT2D eigenvalue weighted by atomic mass is 16.7. The minimum atomic E-state index is -0.601. The highest BCUT2D eigenvalue weighted by Crippen LogP contribution is 2.54. The van der Waals surface area contributed by atoms with Gasteiger partial charge in [0.2, 0.25) is 6.79 Å². The van der Waals surface area contributed by atoms with Gasteiger partial charge in [-0.2, -0.15) is 0 Å². The predicted molar refractivity (Wildman–Crippen MR) is 118 cm³/mol. The van der Waals surface area contributed by atoms with Crippen LogP contribution in [0.5, 0.6) is 23.0 Å². The van der Waals surface area contributed by atoms with Gasteiger partial charge in [0.15, 0.2) is 23.0 Å². The molecule has 33 heavy (non-hydrogen) atoms. The van der Waals surface area contributed by atoms with Crippen molar-refractivity contribution in [2.45, 2.75) is 31.3 Å². The molecule has 8 nitrogen and oxygen atoms in total. The number of benzene rings is 2. The lowest BCUT2D eigenvalue weighted by atomic mass is 9.76. The maximum absolute atomic E-state index is 13.2. The Morgan fingerprint density at radius 2 is 1.73 bits per heavy atom. The van der Waals surface area contributed by atoms with Crippen molar-refractivity contribution in [3.63, 3.8) is 0 Å². The monoisotopic (exact) mass is 453 g/mol. The first-order chi connectivity index (χ1) is 16.0. The molecule has 0 aliphatic carbocycles. The fourth-order valence-corrected chi connectivity index (χ4v) is 5.69. The maximum Gasteiger partial charge on any atom is 0.323 e. The van der Waals surface area contributed by atoms with Crippen LogP contribution in [0.15, 0.2) is 30.3 Å². The van der Waals surface area contributed by atoms with E-state index in [0.717, 1.165) is 23.1 Å². The van der Waals surface area contributed by atoms with E-state index in [-0.39, 0.29) is 24.6 Å². The summed E-state index contributed by atoms with van der Waals surface area (Å²) in [5.74, 6) is 1.35. The molecule has 2 aromatic carbocycles. The molecule has 1 saturated heterocycles. The molecule has 1 fully saturated rings. The fraction of sp³-hybridized carbons (Fsp3) is 0.440. The lowest BCUT2D eigenvalue weighted by Gasteiger charge is -2.36. The van der Waals surface area contributed by atoms with Crippen LogP contribution in [-0.4, -0.2) is 57.4 Å². The van der Waals surface area contributed by atoms with Crippen LogP contribution in [0.2, 0.25) is 0 Å². The number of hydrogen-bond acceptors (Lipinski definition) is 8. The van der Waals surface area contributed by atoms with Crippen LogP contribution in [0.4, 0.5) is 0 Å². The van der Waals surface area contributed by atoms with E-state index in [1.165, 1.54) is 7.11 Å². The van der Waals surface area contributed by atoms with Crippen molar-refractivity contribution in [3.05, 3.63) is 47.0 Å². The molecule has 0 unspecified atom stereocenters. The summed E-state index contributed by atoms with van der Waals surface area (Å²) in [5.41, 5.74) is 2.93. The van der Waals surface area contributed by atoms with Crippen LogP contribution in [-0.2, 0) is 20.7 Å². The van der Waals surface area contributed by atoms with E-state index in [1.807, 2.05) is 30.3 Å². The Balaban J connectivity index is 1.67. The predicted octanol–water partition coefficient (Wildman–Crippen LogP) is 2.88. The Bertz CT molecular complexity index is 1110. The number of esters is 1. The smallest absolute Gasteiger partial charge is 0.323 e. The van der Waals surface area contributed by atoms with E-state index < -0.39 is 17.9 Å². The Labute approximate surface area is 192 Å². The SMILES string of the molecule is COC(=O)[C@@H]1[C@H](c2ccc3c(c2)OCO3)[C@@H](C(C)=O)[C@@H]2c3cc(OC)c(OC)cc3CCN12. The van der Waals surface area contributed by atoms with E-state index in [9.17, 15) is 9.59 Å². The second-order valence-electron chi connectivity index (χ2n) is 8.58. The van der Waals surface area contributed by atoms with Gasteiger partial charge in [-0.05, 0) is 54.3 Å². The molecule has 0 radical (unpaired) electrons. The van der Waals surface area contributed by atoms with Crippen molar-refractivity contribution in [2.75, 3.05) is 34.7 Å². The second kappa shape index (κ2) is 8.26. The average molecular weight is 453 g/mol. The number of fused-ring (bicyclic) bond motifs is 4. The quantitative estimate of drug-likeness (QED) is 0.639. The van der Waals surface area contributed by atoms with Crippen LogP contribution in [0.3, 0.4) is 0 Å². The standard InChI is InChI=1S/C25H27NO7/c1-13(27)21-22(15-5-6-17-20(10-15)33-12-32-17)24(25(28)31-4)26-8-7-14-9-18(29-2)19(30-3)11-16(14)23(21)26/h5-6,9-11,21-24H,7-8,12H2,1-4H3/t21-,22-,23+,24+/m1/s1. The molecule has 3 heterocycles.